The number of halogens is 2. The highest BCUT2D eigenvalue weighted by Gasteiger charge is 2.21. The molecule has 0 aliphatic carbocycles. The Morgan fingerprint density at radius 2 is 1.24 bits per heavy atom. The second-order valence-corrected chi connectivity index (χ2v) is 7.29. The summed E-state index contributed by atoms with van der Waals surface area (Å²) in [6.45, 7) is 0. The van der Waals surface area contributed by atoms with E-state index < -0.39 is 7.92 Å². The van der Waals surface area contributed by atoms with E-state index in [0.29, 0.717) is 10.0 Å². The first-order chi connectivity index (χ1) is 10.3. The quantitative estimate of drug-likeness (QED) is 0.685. The first-order valence-corrected chi connectivity index (χ1v) is 8.41. The average molecular weight is 333 g/mol. The lowest BCUT2D eigenvalue weighted by Crippen LogP contribution is -2.22. The van der Waals surface area contributed by atoms with Crippen LogP contribution in [0.5, 0.6) is 0 Å². The van der Waals surface area contributed by atoms with Gasteiger partial charge in [0.25, 0.3) is 0 Å². The molecule has 2 heterocycles. The molecule has 2 nitrogen and oxygen atoms in total. The zero-order valence-corrected chi connectivity index (χ0v) is 13.4. The summed E-state index contributed by atoms with van der Waals surface area (Å²) in [5.74, 6) is 0. The standard InChI is InChI=1S/C16H11Cl2N2P/c17-13-10-19-8-6-15(13)21(12-4-2-1-3-5-12)16-7-9-20-11-14(16)18/h1-11H. The largest absolute Gasteiger partial charge is 0.263 e. The molecule has 21 heavy (non-hydrogen) atoms. The van der Waals surface area contributed by atoms with Crippen LogP contribution in [0, 0.1) is 0 Å². The second-order valence-electron chi connectivity index (χ2n) is 4.33. The molecule has 104 valence electrons. The maximum atomic E-state index is 6.37. The molecule has 0 unspecified atom stereocenters. The minimum atomic E-state index is -0.832. The van der Waals surface area contributed by atoms with Crippen LogP contribution in [-0.4, -0.2) is 9.97 Å². The molecule has 0 saturated heterocycles. The average Bonchev–Trinajstić information content (AvgIpc) is 2.52. The Morgan fingerprint density at radius 1 is 0.714 bits per heavy atom. The number of aromatic nitrogens is 2. The Bertz CT molecular complexity index is 705. The van der Waals surface area contributed by atoms with Crippen LogP contribution in [0.3, 0.4) is 0 Å². The minimum absolute atomic E-state index is 0.653. The molecule has 5 heteroatoms. The lowest BCUT2D eigenvalue weighted by molar-refractivity contribution is 1.34. The maximum Gasteiger partial charge on any atom is 0.0672 e. The van der Waals surface area contributed by atoms with Crippen molar-refractivity contribution < 1.29 is 0 Å². The van der Waals surface area contributed by atoms with E-state index in [-0.39, 0.29) is 0 Å². The molecule has 0 spiro atoms. The SMILES string of the molecule is Clc1cnccc1P(c1ccccc1)c1ccncc1Cl. The van der Waals surface area contributed by atoms with E-state index in [9.17, 15) is 0 Å². The normalized spacial score (nSPS) is 10.8. The van der Waals surface area contributed by atoms with Gasteiger partial charge in [-0.1, -0.05) is 53.5 Å². The fraction of sp³-hybridized carbons (Fsp3) is 0. The zero-order valence-electron chi connectivity index (χ0n) is 10.9. The van der Waals surface area contributed by atoms with Gasteiger partial charge in [0.15, 0.2) is 0 Å². The highest BCUT2D eigenvalue weighted by atomic mass is 35.5. The van der Waals surface area contributed by atoms with Crippen molar-refractivity contribution >= 4 is 47.0 Å². The van der Waals surface area contributed by atoms with Gasteiger partial charge in [0, 0.05) is 35.4 Å². The molecule has 0 amide bonds. The predicted molar refractivity (Wildman–Crippen MR) is 90.8 cm³/mol. The molecule has 2 aromatic heterocycles. The summed E-state index contributed by atoms with van der Waals surface area (Å²) in [6.07, 6.45) is 6.86. The zero-order chi connectivity index (χ0) is 14.7. The van der Waals surface area contributed by atoms with Crippen molar-refractivity contribution in [2.75, 3.05) is 0 Å². The van der Waals surface area contributed by atoms with Crippen LogP contribution in [0.4, 0.5) is 0 Å². The van der Waals surface area contributed by atoms with Gasteiger partial charge in [0.2, 0.25) is 0 Å². The number of hydrogen-bond donors (Lipinski definition) is 0. The van der Waals surface area contributed by atoms with E-state index in [4.69, 9.17) is 23.2 Å². The van der Waals surface area contributed by atoms with Crippen molar-refractivity contribution in [3.8, 4) is 0 Å². The summed E-state index contributed by atoms with van der Waals surface area (Å²) in [7, 11) is -0.832. The molecule has 3 rings (SSSR count). The highest BCUT2D eigenvalue weighted by molar-refractivity contribution is 7.80. The van der Waals surface area contributed by atoms with Gasteiger partial charge in [-0.15, -0.1) is 0 Å². The van der Waals surface area contributed by atoms with Crippen LogP contribution in [0.2, 0.25) is 10.0 Å². The van der Waals surface area contributed by atoms with Gasteiger partial charge in [-0.2, -0.15) is 0 Å². The van der Waals surface area contributed by atoms with E-state index >= 15 is 0 Å². The molecule has 0 saturated carbocycles. The van der Waals surface area contributed by atoms with Crippen molar-refractivity contribution in [2.24, 2.45) is 0 Å². The summed E-state index contributed by atoms with van der Waals surface area (Å²) >= 11 is 12.7. The summed E-state index contributed by atoms with van der Waals surface area (Å²) < 4.78 is 0. The molecule has 0 aliphatic heterocycles. The van der Waals surface area contributed by atoms with Gasteiger partial charge in [-0.25, -0.2) is 0 Å². The molecule has 0 atom stereocenters. The van der Waals surface area contributed by atoms with Crippen LogP contribution < -0.4 is 15.9 Å². The summed E-state index contributed by atoms with van der Waals surface area (Å²) in [5, 5.41) is 4.58. The topological polar surface area (TPSA) is 25.8 Å². The van der Waals surface area contributed by atoms with Crippen molar-refractivity contribution in [1.82, 2.24) is 9.97 Å². The van der Waals surface area contributed by atoms with Gasteiger partial charge >= 0.3 is 0 Å². The summed E-state index contributed by atoms with van der Waals surface area (Å²) in [5.41, 5.74) is 0. The lowest BCUT2D eigenvalue weighted by Gasteiger charge is -2.20. The Kier molecular flexibility index (Phi) is 4.50. The number of pyridine rings is 2. The lowest BCUT2D eigenvalue weighted by atomic mass is 10.4. The predicted octanol–water partition coefficient (Wildman–Crippen LogP) is 3.54. The Hall–Kier alpha value is -1.47. The van der Waals surface area contributed by atoms with Crippen molar-refractivity contribution in [3.63, 3.8) is 0 Å². The number of benzene rings is 1. The number of hydrogen-bond acceptors (Lipinski definition) is 2. The molecule has 3 aromatic rings. The van der Waals surface area contributed by atoms with E-state index in [1.165, 1.54) is 5.30 Å². The third kappa shape index (κ3) is 3.08. The first kappa shape index (κ1) is 14.5. The molecule has 0 radical (unpaired) electrons. The summed E-state index contributed by atoms with van der Waals surface area (Å²) in [6, 6.07) is 14.1. The van der Waals surface area contributed by atoms with Crippen molar-refractivity contribution in [2.45, 2.75) is 0 Å². The second kappa shape index (κ2) is 6.53. The molecule has 0 aliphatic rings. The molecular formula is C16H11Cl2N2P. The van der Waals surface area contributed by atoms with Gasteiger partial charge in [0.05, 0.1) is 10.0 Å². The fourth-order valence-corrected chi connectivity index (χ4v) is 5.09. The van der Waals surface area contributed by atoms with Gasteiger partial charge in [-0.05, 0) is 25.4 Å². The van der Waals surface area contributed by atoms with Crippen molar-refractivity contribution in [3.05, 3.63) is 77.3 Å². The monoisotopic (exact) mass is 332 g/mol. The number of rotatable bonds is 3. The molecule has 0 fully saturated rings. The van der Waals surface area contributed by atoms with Crippen molar-refractivity contribution in [1.29, 1.82) is 0 Å². The van der Waals surface area contributed by atoms with E-state index in [2.05, 4.69) is 22.1 Å². The van der Waals surface area contributed by atoms with Crippen LogP contribution in [0.15, 0.2) is 67.3 Å². The van der Waals surface area contributed by atoms with Gasteiger partial charge in [0.1, 0.15) is 0 Å². The molecule has 1 aromatic carbocycles. The van der Waals surface area contributed by atoms with Crippen LogP contribution in [-0.2, 0) is 0 Å². The first-order valence-electron chi connectivity index (χ1n) is 6.31. The van der Waals surface area contributed by atoms with Crippen LogP contribution >= 0.6 is 31.1 Å². The Morgan fingerprint density at radius 3 is 1.71 bits per heavy atom. The Labute approximate surface area is 134 Å². The van der Waals surface area contributed by atoms with E-state index in [1.807, 2.05) is 30.3 Å². The van der Waals surface area contributed by atoms with E-state index in [1.54, 1.807) is 24.8 Å². The minimum Gasteiger partial charge on any atom is -0.263 e. The smallest absolute Gasteiger partial charge is 0.0672 e. The molecule has 0 bridgehead atoms. The number of nitrogens with zero attached hydrogens (tertiary/aromatic N) is 2. The third-order valence-corrected chi connectivity index (χ3v) is 6.42. The van der Waals surface area contributed by atoms with Gasteiger partial charge in [-0.3, -0.25) is 9.97 Å². The fourth-order valence-electron chi connectivity index (χ4n) is 2.08. The summed E-state index contributed by atoms with van der Waals surface area (Å²) in [4.78, 5) is 8.14. The third-order valence-electron chi connectivity index (χ3n) is 3.00. The Balaban J connectivity index is 2.22. The van der Waals surface area contributed by atoms with Crippen LogP contribution in [0.1, 0.15) is 0 Å². The van der Waals surface area contributed by atoms with Gasteiger partial charge < -0.3 is 0 Å². The molecular weight excluding hydrogens is 322 g/mol. The van der Waals surface area contributed by atoms with Crippen LogP contribution in [0.25, 0.3) is 0 Å². The maximum absolute atomic E-state index is 6.37. The molecule has 0 N–H and O–H groups in total. The highest BCUT2D eigenvalue weighted by Crippen LogP contribution is 2.37. The van der Waals surface area contributed by atoms with E-state index in [0.717, 1.165) is 10.6 Å².